The van der Waals surface area contributed by atoms with Gasteiger partial charge < -0.3 is 0 Å². The number of rotatable bonds is 4. The molecule has 0 aliphatic heterocycles. The van der Waals surface area contributed by atoms with Crippen LogP contribution in [0.25, 0.3) is 27.9 Å². The zero-order valence-electron chi connectivity index (χ0n) is 16.9. The van der Waals surface area contributed by atoms with E-state index in [9.17, 15) is 17.6 Å². The molecule has 0 bridgehead atoms. The topological polar surface area (TPSA) is 69.0 Å². The van der Waals surface area contributed by atoms with Crippen LogP contribution in [0.2, 0.25) is 0 Å². The van der Waals surface area contributed by atoms with Crippen LogP contribution in [0.15, 0.2) is 88.7 Å². The molecule has 0 saturated carbocycles. The van der Waals surface area contributed by atoms with Gasteiger partial charge in [0.15, 0.2) is 9.84 Å². The van der Waals surface area contributed by atoms with Crippen molar-refractivity contribution in [2.24, 2.45) is 0 Å². The van der Waals surface area contributed by atoms with Gasteiger partial charge in [0.2, 0.25) is 0 Å². The minimum atomic E-state index is -3.35. The summed E-state index contributed by atoms with van der Waals surface area (Å²) in [6, 6.07) is 19.3. The molecule has 7 heteroatoms. The van der Waals surface area contributed by atoms with Crippen LogP contribution in [0.1, 0.15) is 5.56 Å². The molecule has 0 N–H and O–H groups in total. The van der Waals surface area contributed by atoms with Crippen LogP contribution in [0, 0.1) is 12.7 Å². The lowest BCUT2D eigenvalue weighted by Crippen LogP contribution is -2.23. The maximum Gasteiger partial charge on any atom is 0.279 e. The molecular weight excluding hydrogens is 415 g/mol. The summed E-state index contributed by atoms with van der Waals surface area (Å²) in [6.07, 6.45) is 2.70. The van der Waals surface area contributed by atoms with Gasteiger partial charge in [0.05, 0.1) is 22.3 Å². The van der Waals surface area contributed by atoms with Gasteiger partial charge in [-0.2, -0.15) is 9.78 Å². The standard InChI is InChI=1S/C24H19FN2O3S/c1-16-3-11-20(12-4-16)27-24(28)23(18-5-9-19(25)10-6-18)22(15-26-27)17-7-13-21(14-8-17)31(2,29)30/h3-15H,1-2H3. The Morgan fingerprint density at radius 1 is 0.839 bits per heavy atom. The highest BCUT2D eigenvalue weighted by Crippen LogP contribution is 2.30. The number of nitrogens with zero attached hydrogens (tertiary/aromatic N) is 2. The number of aryl methyl sites for hydroxylation is 1. The SMILES string of the molecule is Cc1ccc(-n2ncc(-c3ccc(S(C)(=O)=O)cc3)c(-c3ccc(F)cc3)c2=O)cc1. The maximum atomic E-state index is 13.5. The molecule has 0 aliphatic carbocycles. The molecule has 156 valence electrons. The molecule has 0 amide bonds. The number of aromatic nitrogens is 2. The average molecular weight is 434 g/mol. The highest BCUT2D eigenvalue weighted by atomic mass is 32.2. The first-order valence-corrected chi connectivity index (χ1v) is 11.4. The summed E-state index contributed by atoms with van der Waals surface area (Å²) in [5, 5.41) is 4.34. The molecule has 4 rings (SSSR count). The first-order valence-electron chi connectivity index (χ1n) is 9.50. The van der Waals surface area contributed by atoms with Crippen LogP contribution in [0.3, 0.4) is 0 Å². The van der Waals surface area contributed by atoms with Crippen LogP contribution in [-0.2, 0) is 9.84 Å². The van der Waals surface area contributed by atoms with Crippen molar-refractivity contribution in [1.29, 1.82) is 0 Å². The quantitative estimate of drug-likeness (QED) is 0.477. The number of halogens is 1. The Hall–Kier alpha value is -3.58. The molecule has 1 heterocycles. The highest BCUT2D eigenvalue weighted by molar-refractivity contribution is 7.90. The number of sulfone groups is 1. The van der Waals surface area contributed by atoms with Crippen LogP contribution in [0.5, 0.6) is 0 Å². The van der Waals surface area contributed by atoms with Crippen molar-refractivity contribution in [2.75, 3.05) is 6.26 Å². The number of benzene rings is 3. The summed E-state index contributed by atoms with van der Waals surface area (Å²) >= 11 is 0. The van der Waals surface area contributed by atoms with Crippen LogP contribution in [0.4, 0.5) is 4.39 Å². The molecule has 4 aromatic rings. The molecule has 0 atom stereocenters. The lowest BCUT2D eigenvalue weighted by molar-refractivity contribution is 0.602. The van der Waals surface area contributed by atoms with Gasteiger partial charge >= 0.3 is 0 Å². The Labute approximate surface area is 179 Å². The first-order chi connectivity index (χ1) is 14.7. The fraction of sp³-hybridized carbons (Fsp3) is 0.0833. The van der Waals surface area contributed by atoms with Gasteiger partial charge in [-0.05, 0) is 54.4 Å². The summed E-state index contributed by atoms with van der Waals surface area (Å²) in [5.41, 5.74) is 3.35. The Kier molecular flexibility index (Phi) is 5.29. The molecule has 0 aliphatic rings. The fourth-order valence-corrected chi connectivity index (χ4v) is 3.95. The normalized spacial score (nSPS) is 11.5. The Morgan fingerprint density at radius 3 is 2.00 bits per heavy atom. The van der Waals surface area contributed by atoms with Crippen molar-refractivity contribution in [3.05, 3.63) is 101 Å². The second kappa shape index (κ2) is 7.92. The van der Waals surface area contributed by atoms with E-state index < -0.39 is 15.7 Å². The summed E-state index contributed by atoms with van der Waals surface area (Å²) in [7, 11) is -3.35. The first kappa shape index (κ1) is 20.7. The van der Waals surface area contributed by atoms with Crippen molar-refractivity contribution in [1.82, 2.24) is 9.78 Å². The Morgan fingerprint density at radius 2 is 1.42 bits per heavy atom. The van der Waals surface area contributed by atoms with Gasteiger partial charge in [-0.15, -0.1) is 0 Å². The Balaban J connectivity index is 1.95. The molecule has 0 saturated heterocycles. The van der Waals surface area contributed by atoms with E-state index in [1.807, 2.05) is 19.1 Å². The zero-order chi connectivity index (χ0) is 22.2. The molecule has 0 radical (unpaired) electrons. The maximum absolute atomic E-state index is 13.5. The second-order valence-electron chi connectivity index (χ2n) is 7.29. The third-order valence-electron chi connectivity index (χ3n) is 4.98. The lowest BCUT2D eigenvalue weighted by atomic mass is 9.97. The van der Waals surface area contributed by atoms with Crippen molar-refractivity contribution >= 4 is 9.84 Å². The van der Waals surface area contributed by atoms with Gasteiger partial charge in [0, 0.05) is 11.8 Å². The third-order valence-corrected chi connectivity index (χ3v) is 6.11. The molecule has 1 aromatic heterocycles. The van der Waals surface area contributed by atoms with Crippen molar-refractivity contribution in [2.45, 2.75) is 11.8 Å². The van der Waals surface area contributed by atoms with Crippen LogP contribution >= 0.6 is 0 Å². The molecule has 0 spiro atoms. The summed E-state index contributed by atoms with van der Waals surface area (Å²) in [6.45, 7) is 1.95. The van der Waals surface area contributed by atoms with E-state index in [4.69, 9.17) is 0 Å². The molecule has 0 unspecified atom stereocenters. The average Bonchev–Trinajstić information content (AvgIpc) is 2.75. The zero-order valence-corrected chi connectivity index (χ0v) is 17.7. The van der Waals surface area contributed by atoms with Crippen molar-refractivity contribution < 1.29 is 12.8 Å². The van der Waals surface area contributed by atoms with E-state index in [0.717, 1.165) is 11.8 Å². The van der Waals surface area contributed by atoms with E-state index in [1.165, 1.54) is 28.9 Å². The van der Waals surface area contributed by atoms with E-state index in [2.05, 4.69) is 5.10 Å². The van der Waals surface area contributed by atoms with E-state index in [-0.39, 0.29) is 10.5 Å². The van der Waals surface area contributed by atoms with Crippen LogP contribution in [-0.4, -0.2) is 24.5 Å². The lowest BCUT2D eigenvalue weighted by Gasteiger charge is -2.13. The number of hydrogen-bond donors (Lipinski definition) is 0. The number of hydrogen-bond acceptors (Lipinski definition) is 4. The predicted molar refractivity (Wildman–Crippen MR) is 119 cm³/mol. The predicted octanol–water partition coefficient (Wildman–Crippen LogP) is 4.42. The van der Waals surface area contributed by atoms with E-state index >= 15 is 0 Å². The Bertz CT molecular complexity index is 1410. The van der Waals surface area contributed by atoms with Gasteiger partial charge in [0.25, 0.3) is 5.56 Å². The van der Waals surface area contributed by atoms with Crippen LogP contribution < -0.4 is 5.56 Å². The fourth-order valence-electron chi connectivity index (χ4n) is 3.32. The van der Waals surface area contributed by atoms with Gasteiger partial charge in [-0.3, -0.25) is 4.79 Å². The van der Waals surface area contributed by atoms with E-state index in [1.54, 1.807) is 42.6 Å². The largest absolute Gasteiger partial charge is 0.279 e. The smallest absolute Gasteiger partial charge is 0.267 e. The summed E-state index contributed by atoms with van der Waals surface area (Å²) < 4.78 is 38.4. The summed E-state index contributed by atoms with van der Waals surface area (Å²) in [4.78, 5) is 13.7. The monoisotopic (exact) mass is 434 g/mol. The highest BCUT2D eigenvalue weighted by Gasteiger charge is 2.17. The minimum Gasteiger partial charge on any atom is -0.267 e. The van der Waals surface area contributed by atoms with Crippen molar-refractivity contribution in [3.63, 3.8) is 0 Å². The minimum absolute atomic E-state index is 0.181. The van der Waals surface area contributed by atoms with Gasteiger partial charge in [-0.1, -0.05) is 42.0 Å². The summed E-state index contributed by atoms with van der Waals surface area (Å²) in [5.74, 6) is -0.407. The molecular formula is C24H19FN2O3S. The second-order valence-corrected chi connectivity index (χ2v) is 9.30. The van der Waals surface area contributed by atoms with E-state index in [0.29, 0.717) is 27.9 Å². The molecule has 5 nitrogen and oxygen atoms in total. The van der Waals surface area contributed by atoms with Gasteiger partial charge in [-0.25, -0.2) is 12.8 Å². The van der Waals surface area contributed by atoms with Gasteiger partial charge in [0.1, 0.15) is 5.82 Å². The third kappa shape index (κ3) is 4.18. The van der Waals surface area contributed by atoms with Crippen molar-refractivity contribution in [3.8, 4) is 27.9 Å². The molecule has 31 heavy (non-hydrogen) atoms. The molecule has 0 fully saturated rings. The molecule has 3 aromatic carbocycles.